The van der Waals surface area contributed by atoms with E-state index in [2.05, 4.69) is 55.4 Å². The van der Waals surface area contributed by atoms with E-state index in [9.17, 15) is 43.2 Å². The molecule has 0 saturated heterocycles. The van der Waals surface area contributed by atoms with E-state index in [0.717, 1.165) is 108 Å². The monoisotopic (exact) mass is 1370 g/mol. The third-order valence-electron chi connectivity index (χ3n) is 17.8. The van der Waals surface area contributed by atoms with Crippen molar-refractivity contribution in [1.82, 2.24) is 0 Å². The van der Waals surface area contributed by atoms with E-state index < -0.39 is 97.5 Å². The molecule has 552 valence electrons. The van der Waals surface area contributed by atoms with Crippen LogP contribution in [0.25, 0.3) is 0 Å². The van der Waals surface area contributed by atoms with Gasteiger partial charge in [0.05, 0.1) is 26.4 Å². The van der Waals surface area contributed by atoms with Crippen molar-refractivity contribution in [2.45, 2.75) is 388 Å². The molecule has 0 aliphatic carbocycles. The molecular formula is C74H144O17P2. The van der Waals surface area contributed by atoms with Crippen molar-refractivity contribution in [3.05, 3.63) is 0 Å². The fourth-order valence-corrected chi connectivity index (χ4v) is 12.7. The van der Waals surface area contributed by atoms with E-state index in [1.165, 1.54) is 167 Å². The Morgan fingerprint density at radius 1 is 0.301 bits per heavy atom. The van der Waals surface area contributed by atoms with Crippen molar-refractivity contribution in [2.24, 2.45) is 23.7 Å². The van der Waals surface area contributed by atoms with Crippen LogP contribution in [-0.2, 0) is 65.4 Å². The molecule has 0 radical (unpaired) electrons. The molecule has 17 nitrogen and oxygen atoms in total. The minimum absolute atomic E-state index is 0.102. The van der Waals surface area contributed by atoms with Crippen LogP contribution in [-0.4, -0.2) is 96.7 Å². The first-order valence-corrected chi connectivity index (χ1v) is 41.3. The average Bonchev–Trinajstić information content (AvgIpc) is 2.09. The summed E-state index contributed by atoms with van der Waals surface area (Å²) in [6.07, 6.45) is 47.6. The first-order valence-electron chi connectivity index (χ1n) is 38.3. The number of hydrogen-bond acceptors (Lipinski definition) is 15. The number of unbranched alkanes of at least 4 members (excludes halogenated alkanes) is 35. The highest BCUT2D eigenvalue weighted by Gasteiger charge is 2.30. The highest BCUT2D eigenvalue weighted by Crippen LogP contribution is 2.45. The van der Waals surface area contributed by atoms with E-state index in [1.807, 2.05) is 0 Å². The van der Waals surface area contributed by atoms with Crippen LogP contribution in [0.4, 0.5) is 0 Å². The molecule has 0 aromatic rings. The lowest BCUT2D eigenvalue weighted by atomic mass is 9.99. The molecular weight excluding hydrogens is 1220 g/mol. The van der Waals surface area contributed by atoms with Gasteiger partial charge in [0.2, 0.25) is 0 Å². The van der Waals surface area contributed by atoms with Crippen molar-refractivity contribution in [1.29, 1.82) is 0 Å². The lowest BCUT2D eigenvalue weighted by molar-refractivity contribution is -0.161. The number of esters is 4. The zero-order valence-corrected chi connectivity index (χ0v) is 62.7. The number of carbonyl (C=O) groups is 4. The number of hydrogen-bond donors (Lipinski definition) is 3. The molecule has 93 heavy (non-hydrogen) atoms. The molecule has 0 fully saturated rings. The van der Waals surface area contributed by atoms with Gasteiger partial charge in [0.25, 0.3) is 0 Å². The smallest absolute Gasteiger partial charge is 0.462 e. The molecule has 0 aliphatic heterocycles. The maximum Gasteiger partial charge on any atom is 0.472 e. The molecule has 5 unspecified atom stereocenters. The number of phosphoric ester groups is 2. The second-order valence-corrected chi connectivity index (χ2v) is 31.0. The molecule has 0 bridgehead atoms. The number of phosphoric acid groups is 2. The molecule has 0 rings (SSSR count). The zero-order valence-electron chi connectivity index (χ0n) is 60.9. The molecule has 0 aliphatic rings. The van der Waals surface area contributed by atoms with Gasteiger partial charge in [0, 0.05) is 25.7 Å². The van der Waals surface area contributed by atoms with Crippen LogP contribution < -0.4 is 0 Å². The minimum Gasteiger partial charge on any atom is -0.462 e. The van der Waals surface area contributed by atoms with E-state index in [4.69, 9.17) is 37.0 Å². The largest absolute Gasteiger partial charge is 0.472 e. The second kappa shape index (κ2) is 63.5. The minimum atomic E-state index is -4.95. The number of rotatable bonds is 71. The lowest BCUT2D eigenvalue weighted by Crippen LogP contribution is -2.30. The topological polar surface area (TPSA) is 237 Å². The predicted octanol–water partition coefficient (Wildman–Crippen LogP) is 21.3. The number of carbonyl (C=O) groups excluding carboxylic acids is 4. The van der Waals surface area contributed by atoms with Crippen molar-refractivity contribution in [3.63, 3.8) is 0 Å². The highest BCUT2D eigenvalue weighted by atomic mass is 31.2. The predicted molar refractivity (Wildman–Crippen MR) is 377 cm³/mol. The van der Waals surface area contributed by atoms with Gasteiger partial charge in [0.1, 0.15) is 19.3 Å². The van der Waals surface area contributed by atoms with Crippen LogP contribution in [0, 0.1) is 23.7 Å². The van der Waals surface area contributed by atoms with Gasteiger partial charge in [-0.2, -0.15) is 0 Å². The van der Waals surface area contributed by atoms with Gasteiger partial charge in [-0.1, -0.05) is 319 Å². The summed E-state index contributed by atoms with van der Waals surface area (Å²) in [7, 11) is -9.90. The van der Waals surface area contributed by atoms with Gasteiger partial charge >= 0.3 is 39.5 Å². The average molecular weight is 1370 g/mol. The Morgan fingerprint density at radius 3 is 0.763 bits per heavy atom. The Balaban J connectivity index is 5.10. The third-order valence-corrected chi connectivity index (χ3v) is 19.7. The molecule has 3 N–H and O–H groups in total. The summed E-state index contributed by atoms with van der Waals surface area (Å²) in [6, 6.07) is 0. The standard InChI is InChI=1S/C74H144O17P2/c1-9-66(7)52-44-36-27-21-19-17-15-13-11-12-14-16-18-20-22-29-38-46-54-71(76)84-61-70(91-74(79)57-49-41-33-32-35-43-51-65(5)6)63-89-93(82,83)87-59-68(75)58-86-92(80,81)88-62-69(60-85-72(77)55-47-39-31-25-26-34-42-50-64(3)4)90-73(78)56-48-40-30-24-23-28-37-45-53-67(8)10-2/h64-70,75H,9-63H2,1-8H3,(H,80,81)(H,82,83)/t66?,67?,68?,69-,70-/m1/s1. The van der Waals surface area contributed by atoms with Gasteiger partial charge in [-0.3, -0.25) is 37.3 Å². The highest BCUT2D eigenvalue weighted by molar-refractivity contribution is 7.47. The van der Waals surface area contributed by atoms with E-state index in [1.54, 1.807) is 0 Å². The maximum absolute atomic E-state index is 13.0. The summed E-state index contributed by atoms with van der Waals surface area (Å²) in [5, 5.41) is 10.6. The van der Waals surface area contributed by atoms with Crippen molar-refractivity contribution in [2.75, 3.05) is 39.6 Å². The molecule has 0 aromatic carbocycles. The summed E-state index contributed by atoms with van der Waals surface area (Å²) >= 11 is 0. The maximum atomic E-state index is 13.0. The molecule has 0 heterocycles. The van der Waals surface area contributed by atoms with E-state index >= 15 is 0 Å². The molecule has 0 saturated carbocycles. The van der Waals surface area contributed by atoms with Crippen molar-refractivity contribution < 1.29 is 80.2 Å². The summed E-state index contributed by atoms with van der Waals surface area (Å²) in [5.41, 5.74) is 0. The van der Waals surface area contributed by atoms with Crippen LogP contribution in [0.3, 0.4) is 0 Å². The Bertz CT molecular complexity index is 1840. The van der Waals surface area contributed by atoms with Crippen LogP contribution in [0.15, 0.2) is 0 Å². The van der Waals surface area contributed by atoms with E-state index in [0.29, 0.717) is 37.5 Å². The van der Waals surface area contributed by atoms with Gasteiger partial charge in [-0.25, -0.2) is 9.13 Å². The number of aliphatic hydroxyl groups is 1. The van der Waals surface area contributed by atoms with Crippen LogP contribution >= 0.6 is 15.6 Å². The number of aliphatic hydroxyl groups excluding tert-OH is 1. The normalized spacial score (nSPS) is 14.8. The molecule has 7 atom stereocenters. The van der Waals surface area contributed by atoms with Crippen LogP contribution in [0.5, 0.6) is 0 Å². The van der Waals surface area contributed by atoms with Crippen LogP contribution in [0.2, 0.25) is 0 Å². The van der Waals surface area contributed by atoms with Crippen molar-refractivity contribution in [3.8, 4) is 0 Å². The summed E-state index contributed by atoms with van der Waals surface area (Å²) in [4.78, 5) is 72.6. The Morgan fingerprint density at radius 2 is 0.516 bits per heavy atom. The van der Waals surface area contributed by atoms with Crippen LogP contribution in [0.1, 0.15) is 370 Å². The van der Waals surface area contributed by atoms with Gasteiger partial charge in [-0.05, 0) is 49.4 Å². The molecule has 0 spiro atoms. The van der Waals surface area contributed by atoms with Gasteiger partial charge in [-0.15, -0.1) is 0 Å². The number of ether oxygens (including phenoxy) is 4. The molecule has 0 aromatic heterocycles. The van der Waals surface area contributed by atoms with Gasteiger partial charge in [0.15, 0.2) is 12.2 Å². The molecule has 0 amide bonds. The third kappa shape index (κ3) is 65.8. The molecule has 19 heteroatoms. The Kier molecular flexibility index (Phi) is 62.2. The fourth-order valence-electron chi connectivity index (χ4n) is 11.1. The quantitative estimate of drug-likeness (QED) is 0.0222. The summed E-state index contributed by atoms with van der Waals surface area (Å²) < 4.78 is 68.3. The Hall–Kier alpha value is -1.94. The second-order valence-electron chi connectivity index (χ2n) is 28.1. The lowest BCUT2D eigenvalue weighted by Gasteiger charge is -2.21. The van der Waals surface area contributed by atoms with Crippen molar-refractivity contribution >= 4 is 39.5 Å². The summed E-state index contributed by atoms with van der Waals surface area (Å²) in [6.45, 7) is 14.1. The first-order chi connectivity index (χ1) is 44.7. The summed E-state index contributed by atoms with van der Waals surface area (Å²) in [5.74, 6) is 0.885. The first kappa shape index (κ1) is 91.1. The fraction of sp³-hybridized carbons (Fsp3) is 0.946. The van der Waals surface area contributed by atoms with Gasteiger partial charge < -0.3 is 33.8 Å². The Labute approximate surface area is 568 Å². The zero-order chi connectivity index (χ0) is 68.9. The SMILES string of the molecule is CCC(C)CCCCCCCCCCCCCCCCCCCCC(=O)OC[C@H](COP(=O)(O)OCC(O)COP(=O)(O)OC[C@@H](COC(=O)CCCCCCCCCC(C)C)OC(=O)CCCCCCCCCCC(C)CC)OC(=O)CCCCCCCCC(C)C. The van der Waals surface area contributed by atoms with E-state index in [-0.39, 0.29) is 25.7 Å².